The van der Waals surface area contributed by atoms with Gasteiger partial charge in [-0.1, -0.05) is 129 Å². The van der Waals surface area contributed by atoms with Crippen LogP contribution in [0.2, 0.25) is 0 Å². The number of pyridine rings is 1. The van der Waals surface area contributed by atoms with E-state index in [1.165, 1.54) is 54.9 Å². The van der Waals surface area contributed by atoms with Gasteiger partial charge in [-0.15, -0.1) is 18.3 Å². The standard InChI is InChI=1S/C52H37N4/c1-52(2)43-22-9-8-19-37(43)40-30-41-42(31-44(40)52)50(35-26-27-46(54-32-35)45-23-12-13-28-53-45)39-21-7-6-20-38(39)49(41)33-15-14-16-34(29-33)51-55-47-24-10-11-25-48(47)56(51)36-17-4-3-5-18-36/h3-27,29-32H,28H2,1-2H3/q-1. The van der Waals surface area contributed by atoms with Crippen molar-refractivity contribution < 1.29 is 0 Å². The van der Waals surface area contributed by atoms with Gasteiger partial charge in [0.2, 0.25) is 0 Å². The molecule has 0 bridgehead atoms. The molecule has 0 saturated carbocycles. The second-order valence-corrected chi connectivity index (χ2v) is 15.3. The molecule has 0 fully saturated rings. The normalized spacial score (nSPS) is 14.1. The Morgan fingerprint density at radius 1 is 0.589 bits per heavy atom. The fourth-order valence-corrected chi connectivity index (χ4v) is 9.15. The largest absolute Gasteiger partial charge is 0.679 e. The number of aromatic nitrogens is 3. The van der Waals surface area contributed by atoms with Crippen molar-refractivity contribution in [3.8, 4) is 50.5 Å². The summed E-state index contributed by atoms with van der Waals surface area (Å²) in [5, 5.41) is 9.53. The highest BCUT2D eigenvalue weighted by atomic mass is 15.1. The van der Waals surface area contributed by atoms with Crippen LogP contribution in [0.1, 0.15) is 30.7 Å². The lowest BCUT2D eigenvalue weighted by molar-refractivity contribution is 0.661. The molecule has 0 radical (unpaired) electrons. The highest BCUT2D eigenvalue weighted by molar-refractivity contribution is 6.22. The molecule has 4 heteroatoms. The van der Waals surface area contributed by atoms with Gasteiger partial charge in [0.05, 0.1) is 11.0 Å². The van der Waals surface area contributed by atoms with Gasteiger partial charge in [0.15, 0.2) is 0 Å². The Labute approximate surface area is 326 Å². The van der Waals surface area contributed by atoms with Crippen molar-refractivity contribution in [1.29, 1.82) is 0 Å². The lowest BCUT2D eigenvalue weighted by Crippen LogP contribution is -2.14. The molecule has 0 N–H and O–H groups in total. The van der Waals surface area contributed by atoms with Crippen molar-refractivity contribution in [2.75, 3.05) is 6.54 Å². The number of imidazole rings is 1. The molecule has 9 aromatic rings. The summed E-state index contributed by atoms with van der Waals surface area (Å²) < 4.78 is 2.28. The molecule has 56 heavy (non-hydrogen) atoms. The molecule has 4 nitrogen and oxygen atoms in total. The van der Waals surface area contributed by atoms with E-state index in [-0.39, 0.29) is 5.41 Å². The second-order valence-electron chi connectivity index (χ2n) is 15.3. The first-order valence-electron chi connectivity index (χ1n) is 19.3. The molecule has 1 aliphatic carbocycles. The number of fused-ring (bicyclic) bond motifs is 6. The van der Waals surface area contributed by atoms with E-state index in [0.29, 0.717) is 6.54 Å². The van der Waals surface area contributed by atoms with Crippen molar-refractivity contribution in [3.05, 3.63) is 198 Å². The van der Waals surface area contributed by atoms with Crippen LogP contribution >= 0.6 is 0 Å². The predicted octanol–water partition coefficient (Wildman–Crippen LogP) is 13.3. The van der Waals surface area contributed by atoms with E-state index in [2.05, 4.69) is 182 Å². The summed E-state index contributed by atoms with van der Waals surface area (Å²) in [5.41, 5.74) is 15.8. The maximum absolute atomic E-state index is 5.24. The molecule has 2 aromatic heterocycles. The third kappa shape index (κ3) is 4.92. The van der Waals surface area contributed by atoms with Crippen LogP contribution in [0.5, 0.6) is 0 Å². The second kappa shape index (κ2) is 12.5. The van der Waals surface area contributed by atoms with Crippen LogP contribution in [0.3, 0.4) is 0 Å². The molecule has 266 valence electrons. The van der Waals surface area contributed by atoms with Gasteiger partial charge in [-0.25, -0.2) is 4.98 Å². The summed E-state index contributed by atoms with van der Waals surface area (Å²) in [6.07, 6.45) is 8.19. The van der Waals surface area contributed by atoms with Gasteiger partial charge in [0.25, 0.3) is 0 Å². The van der Waals surface area contributed by atoms with Crippen molar-refractivity contribution in [3.63, 3.8) is 0 Å². The molecule has 0 amide bonds. The highest BCUT2D eigenvalue weighted by Gasteiger charge is 2.36. The van der Waals surface area contributed by atoms with Crippen LogP contribution in [-0.4, -0.2) is 21.1 Å². The van der Waals surface area contributed by atoms with Crippen LogP contribution in [-0.2, 0) is 5.41 Å². The van der Waals surface area contributed by atoms with E-state index in [9.17, 15) is 0 Å². The Hall–Kier alpha value is -7.04. The average Bonchev–Trinajstić information content (AvgIpc) is 3.75. The molecule has 7 aromatic carbocycles. The fourth-order valence-electron chi connectivity index (χ4n) is 9.15. The van der Waals surface area contributed by atoms with Gasteiger partial charge in [-0.2, -0.15) is 0 Å². The Morgan fingerprint density at radius 3 is 2.12 bits per heavy atom. The van der Waals surface area contributed by atoms with Crippen LogP contribution in [0.25, 0.3) is 94.0 Å². The quantitative estimate of drug-likeness (QED) is 0.166. The number of rotatable bonds is 5. The number of benzene rings is 7. The third-order valence-electron chi connectivity index (χ3n) is 11.8. The first-order valence-corrected chi connectivity index (χ1v) is 19.3. The third-order valence-corrected chi connectivity index (χ3v) is 11.8. The predicted molar refractivity (Wildman–Crippen MR) is 233 cm³/mol. The summed E-state index contributed by atoms with van der Waals surface area (Å²) in [7, 11) is 0. The van der Waals surface area contributed by atoms with E-state index in [0.717, 1.165) is 50.6 Å². The molecule has 3 heterocycles. The lowest BCUT2D eigenvalue weighted by atomic mass is 9.79. The van der Waals surface area contributed by atoms with Crippen molar-refractivity contribution >= 4 is 38.3 Å². The van der Waals surface area contributed by atoms with Crippen molar-refractivity contribution in [1.82, 2.24) is 14.5 Å². The maximum Gasteiger partial charge on any atom is 0.145 e. The molecule has 0 saturated heterocycles. The molecule has 0 atom stereocenters. The Morgan fingerprint density at radius 2 is 1.32 bits per heavy atom. The van der Waals surface area contributed by atoms with Crippen LogP contribution in [0.4, 0.5) is 0 Å². The van der Waals surface area contributed by atoms with Gasteiger partial charge in [-0.05, 0) is 109 Å². The first-order chi connectivity index (χ1) is 27.5. The zero-order valence-corrected chi connectivity index (χ0v) is 31.2. The number of hydrogen-bond donors (Lipinski definition) is 0. The average molecular weight is 718 g/mol. The molecule has 2 aliphatic rings. The number of nitrogens with zero attached hydrogens (tertiary/aromatic N) is 4. The minimum Gasteiger partial charge on any atom is -0.679 e. The highest BCUT2D eigenvalue weighted by Crippen LogP contribution is 2.53. The zero-order chi connectivity index (χ0) is 37.4. The number of para-hydroxylation sites is 3. The Bertz CT molecular complexity index is 3090. The summed E-state index contributed by atoms with van der Waals surface area (Å²) in [6.45, 7) is 5.40. The fraction of sp³-hybridized carbons (Fsp3) is 0.0769. The molecule has 1 aliphatic heterocycles. The van der Waals surface area contributed by atoms with Gasteiger partial charge in [-0.3, -0.25) is 9.55 Å². The van der Waals surface area contributed by atoms with Crippen molar-refractivity contribution in [2.45, 2.75) is 19.3 Å². The first kappa shape index (κ1) is 32.4. The summed E-state index contributed by atoms with van der Waals surface area (Å²) in [6, 6.07) is 55.0. The maximum atomic E-state index is 5.24. The zero-order valence-electron chi connectivity index (χ0n) is 31.2. The summed E-state index contributed by atoms with van der Waals surface area (Å²) in [5.74, 6) is 0.919. The SMILES string of the molecule is CC1(C)c2ccccc2-c2cc3c(-c4cccc(-c5nc6ccccc6n5-c5ccccc5)c4)c4ccccc4c(-c4ccc(C5=CC=CC[N-]5)nc4)c3cc21. The summed E-state index contributed by atoms with van der Waals surface area (Å²) >= 11 is 0. The van der Waals surface area contributed by atoms with Gasteiger partial charge >= 0.3 is 0 Å². The van der Waals surface area contributed by atoms with E-state index in [1.54, 1.807) is 0 Å². The summed E-state index contributed by atoms with van der Waals surface area (Å²) in [4.78, 5) is 10.2. The minimum atomic E-state index is -0.149. The van der Waals surface area contributed by atoms with Crippen LogP contribution in [0.15, 0.2) is 176 Å². The topological polar surface area (TPSA) is 44.8 Å². The smallest absolute Gasteiger partial charge is 0.145 e. The minimum absolute atomic E-state index is 0.149. The van der Waals surface area contributed by atoms with E-state index in [4.69, 9.17) is 15.3 Å². The van der Waals surface area contributed by atoms with E-state index in [1.807, 2.05) is 12.3 Å². The van der Waals surface area contributed by atoms with E-state index < -0.39 is 0 Å². The van der Waals surface area contributed by atoms with Gasteiger partial charge in [0.1, 0.15) is 5.82 Å². The molecule has 0 unspecified atom stereocenters. The number of hydrogen-bond acceptors (Lipinski definition) is 2. The molecular weight excluding hydrogens is 681 g/mol. The van der Waals surface area contributed by atoms with Gasteiger partial charge in [0, 0.05) is 34.1 Å². The number of allylic oxidation sites excluding steroid dienone is 2. The molecule has 0 spiro atoms. The van der Waals surface area contributed by atoms with E-state index >= 15 is 0 Å². The Balaban J connectivity index is 1.20. The van der Waals surface area contributed by atoms with Crippen molar-refractivity contribution in [2.24, 2.45) is 0 Å². The Kier molecular flexibility index (Phi) is 7.23. The monoisotopic (exact) mass is 717 g/mol. The molecular formula is C52H37N4-. The molecule has 11 rings (SSSR count). The van der Waals surface area contributed by atoms with Crippen LogP contribution < -0.4 is 0 Å². The van der Waals surface area contributed by atoms with Gasteiger partial charge < -0.3 is 5.32 Å². The lowest BCUT2D eigenvalue weighted by Gasteiger charge is -2.26. The van der Waals surface area contributed by atoms with Crippen LogP contribution in [0, 0.1) is 0 Å².